The van der Waals surface area contributed by atoms with Gasteiger partial charge in [-0.3, -0.25) is 4.79 Å². The average Bonchev–Trinajstić information content (AvgIpc) is 3.13. The number of hydrogen-bond acceptors (Lipinski definition) is 5. The Labute approximate surface area is 189 Å². The Morgan fingerprint density at radius 2 is 1.81 bits per heavy atom. The second-order valence-electron chi connectivity index (χ2n) is 9.75. The third-order valence-corrected chi connectivity index (χ3v) is 8.09. The second kappa shape index (κ2) is 7.84. The third kappa shape index (κ3) is 2.99. The molecule has 170 valence electrons. The fourth-order valence-corrected chi connectivity index (χ4v) is 6.33. The number of aromatic hydroxyl groups is 1. The zero-order valence-corrected chi connectivity index (χ0v) is 19.0. The normalized spacial score (nSPS) is 30.6. The number of hydrogen-bond donors (Lipinski definition) is 3. The van der Waals surface area contributed by atoms with Crippen LogP contribution in [0.25, 0.3) is 11.1 Å². The third-order valence-electron chi connectivity index (χ3n) is 8.09. The molecule has 0 aromatic heterocycles. The van der Waals surface area contributed by atoms with Crippen molar-refractivity contribution in [2.75, 3.05) is 13.7 Å². The summed E-state index contributed by atoms with van der Waals surface area (Å²) >= 11 is 0. The lowest BCUT2D eigenvalue weighted by atomic mass is 9.58. The molecule has 4 unspecified atom stereocenters. The van der Waals surface area contributed by atoms with Gasteiger partial charge in [0.2, 0.25) is 0 Å². The molecule has 0 aliphatic heterocycles. The summed E-state index contributed by atoms with van der Waals surface area (Å²) in [6, 6.07) is 15.0. The van der Waals surface area contributed by atoms with Gasteiger partial charge in [0.1, 0.15) is 11.5 Å². The van der Waals surface area contributed by atoms with E-state index in [0.29, 0.717) is 12.8 Å². The number of aryl methyl sites for hydroxylation is 1. The number of aliphatic hydroxyl groups is 2. The number of fused-ring (bicyclic) bond motifs is 2. The summed E-state index contributed by atoms with van der Waals surface area (Å²) in [6.07, 6.45) is 1.15. The number of rotatable bonds is 7. The largest absolute Gasteiger partial charge is 0.508 e. The summed E-state index contributed by atoms with van der Waals surface area (Å²) in [7, 11) is 1.43. The van der Waals surface area contributed by atoms with E-state index < -0.39 is 22.5 Å². The molecular formula is C27H32O5. The maximum atomic E-state index is 13.8. The number of Topliss-reactive ketones (excluding diaryl/α,β-unsaturated/α-hetero) is 1. The van der Waals surface area contributed by atoms with Crippen molar-refractivity contribution in [1.82, 2.24) is 0 Å². The van der Waals surface area contributed by atoms with Crippen LogP contribution >= 0.6 is 0 Å². The number of methoxy groups -OCH3 is 1. The minimum absolute atomic E-state index is 0.0609. The topological polar surface area (TPSA) is 87.0 Å². The van der Waals surface area contributed by atoms with E-state index in [2.05, 4.69) is 6.58 Å². The molecule has 2 fully saturated rings. The summed E-state index contributed by atoms with van der Waals surface area (Å²) in [5, 5.41) is 31.3. The van der Waals surface area contributed by atoms with Gasteiger partial charge in [-0.25, -0.2) is 0 Å². The van der Waals surface area contributed by atoms with Gasteiger partial charge in [0.25, 0.3) is 0 Å². The number of benzene rings is 2. The number of carbonyl (C=O) groups is 1. The highest BCUT2D eigenvalue weighted by atomic mass is 16.6. The molecule has 2 aliphatic carbocycles. The Balaban J connectivity index is 1.61. The number of carbonyl (C=O) groups excluding carboxylic acids is 1. The lowest BCUT2D eigenvalue weighted by Crippen LogP contribution is -2.55. The van der Waals surface area contributed by atoms with Crippen LogP contribution < -0.4 is 0 Å². The van der Waals surface area contributed by atoms with Crippen LogP contribution in [0.3, 0.4) is 0 Å². The summed E-state index contributed by atoms with van der Waals surface area (Å²) in [5.74, 6) is -2.24. The number of phenols is 1. The first kappa shape index (κ1) is 22.7. The van der Waals surface area contributed by atoms with Gasteiger partial charge in [0.15, 0.2) is 5.79 Å². The van der Waals surface area contributed by atoms with Crippen LogP contribution in [0, 0.1) is 22.7 Å². The lowest BCUT2D eigenvalue weighted by molar-refractivity contribution is -0.253. The smallest absolute Gasteiger partial charge is 0.185 e. The number of aliphatic hydroxyl groups excluding tert-OH is 1. The molecule has 2 aliphatic rings. The van der Waals surface area contributed by atoms with Crippen LogP contribution in [0.1, 0.15) is 32.3 Å². The van der Waals surface area contributed by atoms with Gasteiger partial charge in [0.05, 0.1) is 5.41 Å². The van der Waals surface area contributed by atoms with Crippen LogP contribution in [0.5, 0.6) is 5.75 Å². The Bertz CT molecular complexity index is 1060. The van der Waals surface area contributed by atoms with E-state index in [0.717, 1.165) is 22.3 Å². The van der Waals surface area contributed by atoms with E-state index in [1.165, 1.54) is 7.11 Å². The van der Waals surface area contributed by atoms with E-state index in [1.807, 2.05) is 44.2 Å². The zero-order chi connectivity index (χ0) is 23.3. The van der Waals surface area contributed by atoms with Gasteiger partial charge in [0, 0.05) is 31.5 Å². The quantitative estimate of drug-likeness (QED) is 0.449. The highest BCUT2D eigenvalue weighted by Gasteiger charge is 2.79. The van der Waals surface area contributed by atoms with Crippen molar-refractivity contribution in [3.63, 3.8) is 0 Å². The van der Waals surface area contributed by atoms with Crippen molar-refractivity contribution < 1.29 is 24.9 Å². The SMILES string of the molecule is C=C1C2C(CO)CC(C(=O)CCc3cccc(-c4cccc(O)c4)c3)(C1(C)C)C2(O)OC. The highest BCUT2D eigenvalue weighted by Crippen LogP contribution is 2.73. The van der Waals surface area contributed by atoms with Crippen LogP contribution in [0.4, 0.5) is 0 Å². The van der Waals surface area contributed by atoms with Gasteiger partial charge in [-0.1, -0.05) is 62.4 Å². The van der Waals surface area contributed by atoms with Crippen molar-refractivity contribution >= 4 is 5.78 Å². The molecule has 0 radical (unpaired) electrons. The van der Waals surface area contributed by atoms with Gasteiger partial charge < -0.3 is 20.1 Å². The Morgan fingerprint density at radius 3 is 2.44 bits per heavy atom. The molecule has 5 nitrogen and oxygen atoms in total. The van der Waals surface area contributed by atoms with Gasteiger partial charge in [-0.2, -0.15) is 0 Å². The summed E-state index contributed by atoms with van der Waals surface area (Å²) in [4.78, 5) is 13.8. The predicted molar refractivity (Wildman–Crippen MR) is 123 cm³/mol. The monoisotopic (exact) mass is 436 g/mol. The Hall–Kier alpha value is -2.47. The van der Waals surface area contributed by atoms with E-state index in [4.69, 9.17) is 4.74 Å². The van der Waals surface area contributed by atoms with Crippen LogP contribution in [0.15, 0.2) is 60.7 Å². The van der Waals surface area contributed by atoms with Crippen molar-refractivity contribution in [2.45, 2.75) is 38.9 Å². The maximum absolute atomic E-state index is 13.8. The molecule has 0 spiro atoms. The average molecular weight is 437 g/mol. The van der Waals surface area contributed by atoms with E-state index in [-0.39, 0.29) is 30.5 Å². The molecule has 4 rings (SSSR count). The molecule has 2 aromatic carbocycles. The molecule has 0 amide bonds. The maximum Gasteiger partial charge on any atom is 0.185 e. The molecule has 4 atom stereocenters. The standard InChI is InChI=1S/C27H32O5/c1-17-24-21(16-28)15-26(25(17,2)3,27(24,31)32-4)23(30)12-11-18-7-5-8-19(13-18)20-9-6-10-22(29)14-20/h5-10,13-14,21,24,28-29,31H,1,11-12,15-16H2,2-4H3. The molecule has 0 saturated heterocycles. The molecule has 3 N–H and O–H groups in total. The minimum Gasteiger partial charge on any atom is -0.508 e. The summed E-state index contributed by atoms with van der Waals surface area (Å²) < 4.78 is 5.63. The molecule has 32 heavy (non-hydrogen) atoms. The number of ether oxygens (including phenoxy) is 1. The van der Waals surface area contributed by atoms with Crippen molar-refractivity contribution in [3.8, 4) is 16.9 Å². The van der Waals surface area contributed by atoms with Crippen molar-refractivity contribution in [3.05, 3.63) is 66.2 Å². The minimum atomic E-state index is -1.67. The summed E-state index contributed by atoms with van der Waals surface area (Å²) in [5.41, 5.74) is 1.85. The fourth-order valence-electron chi connectivity index (χ4n) is 6.33. The zero-order valence-electron chi connectivity index (χ0n) is 19.0. The molecule has 2 aromatic rings. The Kier molecular flexibility index (Phi) is 5.56. The van der Waals surface area contributed by atoms with E-state index in [9.17, 15) is 20.1 Å². The molecular weight excluding hydrogens is 404 g/mol. The Morgan fingerprint density at radius 1 is 1.16 bits per heavy atom. The first-order chi connectivity index (χ1) is 15.1. The van der Waals surface area contributed by atoms with E-state index >= 15 is 0 Å². The van der Waals surface area contributed by atoms with Gasteiger partial charge in [-0.05, 0) is 47.6 Å². The molecule has 2 bridgehead atoms. The predicted octanol–water partition coefficient (Wildman–Crippen LogP) is 4.11. The van der Waals surface area contributed by atoms with Crippen LogP contribution in [-0.2, 0) is 16.0 Å². The van der Waals surface area contributed by atoms with Crippen LogP contribution in [0.2, 0.25) is 0 Å². The van der Waals surface area contributed by atoms with Crippen molar-refractivity contribution in [1.29, 1.82) is 0 Å². The second-order valence-corrected chi connectivity index (χ2v) is 9.75. The summed E-state index contributed by atoms with van der Waals surface area (Å²) in [6.45, 7) is 7.99. The van der Waals surface area contributed by atoms with Crippen LogP contribution in [-0.4, -0.2) is 40.6 Å². The lowest BCUT2D eigenvalue weighted by Gasteiger charge is -2.46. The molecule has 2 saturated carbocycles. The van der Waals surface area contributed by atoms with E-state index in [1.54, 1.807) is 18.2 Å². The van der Waals surface area contributed by atoms with Gasteiger partial charge >= 0.3 is 0 Å². The fraction of sp³-hybridized carbons (Fsp3) is 0.444. The first-order valence-electron chi connectivity index (χ1n) is 11.1. The van der Waals surface area contributed by atoms with Crippen molar-refractivity contribution in [2.24, 2.45) is 22.7 Å². The number of phenolic OH excluding ortho intramolecular Hbond substituents is 1. The highest BCUT2D eigenvalue weighted by molar-refractivity contribution is 5.89. The van der Waals surface area contributed by atoms with Gasteiger partial charge in [-0.15, -0.1) is 0 Å². The first-order valence-corrected chi connectivity index (χ1v) is 11.1. The molecule has 0 heterocycles. The number of ketones is 1. The molecule has 5 heteroatoms.